The molecule has 0 saturated heterocycles. The minimum absolute atomic E-state index is 0.113. The minimum atomic E-state index is -0.173. The van der Waals surface area contributed by atoms with Crippen LogP contribution in [0.1, 0.15) is 22.8 Å². The molecule has 0 spiro atoms. The van der Waals surface area contributed by atoms with Crippen molar-refractivity contribution in [1.29, 1.82) is 0 Å². The molecule has 0 aromatic heterocycles. The van der Waals surface area contributed by atoms with Crippen LogP contribution in [0.4, 0.5) is 11.4 Å². The topological polar surface area (TPSA) is 84.2 Å². The number of rotatable bonds is 4. The van der Waals surface area contributed by atoms with Crippen molar-refractivity contribution in [2.24, 2.45) is 0 Å². The fourth-order valence-electron chi connectivity index (χ4n) is 1.87. The number of anilines is 2. The summed E-state index contributed by atoms with van der Waals surface area (Å²) >= 11 is 0. The van der Waals surface area contributed by atoms with Crippen molar-refractivity contribution in [1.82, 2.24) is 5.32 Å². The normalized spacial score (nSPS) is 9.95. The number of hydrogen-bond donors (Lipinski definition) is 3. The lowest BCUT2D eigenvalue weighted by Gasteiger charge is -2.07. The number of nitrogens with one attached hydrogen (secondary N) is 2. The number of amides is 2. The number of carbonyl (C=O) groups excluding carboxylic acids is 2. The molecular weight excluding hydrogens is 266 g/mol. The standard InChI is InChI=1S/C16H17N3O2/c1-11(20)19-15-7-5-12(6-8-15)10-18-16(21)13-3-2-4-14(17)9-13/h2-9H,10,17H2,1H3,(H,18,21)(H,19,20). The fraction of sp³-hybridized carbons (Fsp3) is 0.125. The molecule has 2 amide bonds. The highest BCUT2D eigenvalue weighted by Gasteiger charge is 2.05. The predicted molar refractivity (Wildman–Crippen MR) is 82.8 cm³/mol. The van der Waals surface area contributed by atoms with Crippen LogP contribution in [0.3, 0.4) is 0 Å². The maximum Gasteiger partial charge on any atom is 0.251 e. The van der Waals surface area contributed by atoms with Crippen LogP contribution < -0.4 is 16.4 Å². The number of hydrogen-bond acceptors (Lipinski definition) is 3. The van der Waals surface area contributed by atoms with Gasteiger partial charge < -0.3 is 16.4 Å². The molecule has 2 rings (SSSR count). The summed E-state index contributed by atoms with van der Waals surface area (Å²) in [5, 5.41) is 5.51. The van der Waals surface area contributed by atoms with Crippen molar-refractivity contribution in [2.45, 2.75) is 13.5 Å². The van der Waals surface area contributed by atoms with E-state index in [0.29, 0.717) is 17.8 Å². The van der Waals surface area contributed by atoms with Gasteiger partial charge in [-0.3, -0.25) is 9.59 Å². The molecule has 0 radical (unpaired) electrons. The highest BCUT2D eigenvalue weighted by Crippen LogP contribution is 2.10. The highest BCUT2D eigenvalue weighted by atomic mass is 16.2. The molecule has 0 saturated carbocycles. The molecule has 0 bridgehead atoms. The van der Waals surface area contributed by atoms with Crippen LogP contribution in [0.25, 0.3) is 0 Å². The Morgan fingerprint density at radius 3 is 2.43 bits per heavy atom. The van der Waals surface area contributed by atoms with Crippen molar-refractivity contribution in [3.63, 3.8) is 0 Å². The van der Waals surface area contributed by atoms with E-state index in [1.165, 1.54) is 6.92 Å². The third-order valence-corrected chi connectivity index (χ3v) is 2.88. The number of benzene rings is 2. The smallest absolute Gasteiger partial charge is 0.251 e. The molecule has 0 unspecified atom stereocenters. The Morgan fingerprint density at radius 1 is 1.10 bits per heavy atom. The van der Waals surface area contributed by atoms with Gasteiger partial charge in [0.2, 0.25) is 5.91 Å². The molecule has 5 heteroatoms. The van der Waals surface area contributed by atoms with E-state index >= 15 is 0 Å². The first kappa shape index (κ1) is 14.6. The van der Waals surface area contributed by atoms with Gasteiger partial charge in [0.05, 0.1) is 0 Å². The van der Waals surface area contributed by atoms with E-state index in [9.17, 15) is 9.59 Å². The molecule has 21 heavy (non-hydrogen) atoms. The average Bonchev–Trinajstić information content (AvgIpc) is 2.45. The second kappa shape index (κ2) is 6.56. The largest absolute Gasteiger partial charge is 0.399 e. The maximum absolute atomic E-state index is 12.0. The van der Waals surface area contributed by atoms with Gasteiger partial charge in [0.25, 0.3) is 5.91 Å². The van der Waals surface area contributed by atoms with Crippen LogP contribution in [0.5, 0.6) is 0 Å². The Morgan fingerprint density at radius 2 is 1.81 bits per heavy atom. The maximum atomic E-state index is 12.0. The summed E-state index contributed by atoms with van der Waals surface area (Å²) in [6.07, 6.45) is 0. The average molecular weight is 283 g/mol. The predicted octanol–water partition coefficient (Wildman–Crippen LogP) is 2.16. The van der Waals surface area contributed by atoms with Crippen LogP contribution in [0.2, 0.25) is 0 Å². The molecule has 0 aliphatic carbocycles. The van der Waals surface area contributed by atoms with Crippen LogP contribution in [0, 0.1) is 0 Å². The van der Waals surface area contributed by atoms with E-state index in [4.69, 9.17) is 5.73 Å². The summed E-state index contributed by atoms with van der Waals surface area (Å²) in [7, 11) is 0. The zero-order valence-corrected chi connectivity index (χ0v) is 11.7. The molecule has 0 aliphatic heterocycles. The van der Waals surface area contributed by atoms with Gasteiger partial charge in [0.15, 0.2) is 0 Å². The second-order valence-electron chi connectivity index (χ2n) is 4.69. The molecule has 2 aromatic rings. The number of nitrogen functional groups attached to an aromatic ring is 1. The lowest BCUT2D eigenvalue weighted by atomic mass is 10.1. The molecule has 108 valence electrons. The first-order valence-electron chi connectivity index (χ1n) is 6.55. The Bertz CT molecular complexity index is 651. The molecule has 0 heterocycles. The molecule has 0 atom stereocenters. The minimum Gasteiger partial charge on any atom is -0.399 e. The van der Waals surface area contributed by atoms with Crippen molar-refractivity contribution in [3.8, 4) is 0 Å². The summed E-state index contributed by atoms with van der Waals surface area (Å²) in [6.45, 7) is 1.87. The summed E-state index contributed by atoms with van der Waals surface area (Å²) in [4.78, 5) is 22.9. The second-order valence-corrected chi connectivity index (χ2v) is 4.69. The van der Waals surface area contributed by atoms with Gasteiger partial charge in [-0.05, 0) is 35.9 Å². The van der Waals surface area contributed by atoms with Crippen LogP contribution in [-0.4, -0.2) is 11.8 Å². The van der Waals surface area contributed by atoms with Crippen molar-refractivity contribution >= 4 is 23.2 Å². The molecule has 4 N–H and O–H groups in total. The van der Waals surface area contributed by atoms with Gasteiger partial charge in [-0.2, -0.15) is 0 Å². The van der Waals surface area contributed by atoms with Gasteiger partial charge in [-0.15, -0.1) is 0 Å². The summed E-state index contributed by atoms with van der Waals surface area (Å²) in [6, 6.07) is 14.1. The SMILES string of the molecule is CC(=O)Nc1ccc(CNC(=O)c2cccc(N)c2)cc1. The zero-order chi connectivity index (χ0) is 15.2. The van der Waals surface area contributed by atoms with E-state index in [2.05, 4.69) is 10.6 Å². The molecular formula is C16H17N3O2. The molecule has 0 fully saturated rings. The van der Waals surface area contributed by atoms with E-state index in [1.54, 1.807) is 36.4 Å². The van der Waals surface area contributed by atoms with Crippen LogP contribution in [-0.2, 0) is 11.3 Å². The molecule has 2 aromatic carbocycles. The number of nitrogens with two attached hydrogens (primary N) is 1. The van der Waals surface area contributed by atoms with Crippen LogP contribution in [0.15, 0.2) is 48.5 Å². The van der Waals surface area contributed by atoms with E-state index in [1.807, 2.05) is 12.1 Å². The van der Waals surface area contributed by atoms with E-state index in [-0.39, 0.29) is 11.8 Å². The monoisotopic (exact) mass is 283 g/mol. The fourth-order valence-corrected chi connectivity index (χ4v) is 1.87. The molecule has 0 aliphatic rings. The molecule has 5 nitrogen and oxygen atoms in total. The first-order chi connectivity index (χ1) is 10.0. The van der Waals surface area contributed by atoms with E-state index in [0.717, 1.165) is 11.3 Å². The van der Waals surface area contributed by atoms with Gasteiger partial charge in [0.1, 0.15) is 0 Å². The van der Waals surface area contributed by atoms with Gasteiger partial charge in [-0.25, -0.2) is 0 Å². The summed E-state index contributed by atoms with van der Waals surface area (Å²) in [5.41, 5.74) is 8.41. The van der Waals surface area contributed by atoms with Crippen LogP contribution >= 0.6 is 0 Å². The van der Waals surface area contributed by atoms with Gasteiger partial charge >= 0.3 is 0 Å². The Hall–Kier alpha value is -2.82. The zero-order valence-electron chi connectivity index (χ0n) is 11.7. The quantitative estimate of drug-likeness (QED) is 0.752. The first-order valence-corrected chi connectivity index (χ1v) is 6.55. The third kappa shape index (κ3) is 4.35. The van der Waals surface area contributed by atoms with E-state index < -0.39 is 0 Å². The Kier molecular flexibility index (Phi) is 4.56. The van der Waals surface area contributed by atoms with Gasteiger partial charge in [-0.1, -0.05) is 18.2 Å². The summed E-state index contributed by atoms with van der Waals surface area (Å²) in [5.74, 6) is -0.286. The number of carbonyl (C=O) groups is 2. The van der Waals surface area contributed by atoms with Gasteiger partial charge in [0, 0.05) is 30.4 Å². The van der Waals surface area contributed by atoms with Crippen molar-refractivity contribution in [3.05, 3.63) is 59.7 Å². The highest BCUT2D eigenvalue weighted by molar-refractivity contribution is 5.95. The lowest BCUT2D eigenvalue weighted by molar-refractivity contribution is -0.114. The lowest BCUT2D eigenvalue weighted by Crippen LogP contribution is -2.22. The van der Waals surface area contributed by atoms with Crippen molar-refractivity contribution in [2.75, 3.05) is 11.1 Å². The van der Waals surface area contributed by atoms with Crippen molar-refractivity contribution < 1.29 is 9.59 Å². The summed E-state index contributed by atoms with van der Waals surface area (Å²) < 4.78 is 0. The Balaban J connectivity index is 1.93. The third-order valence-electron chi connectivity index (χ3n) is 2.88. The Labute approximate surface area is 123 Å².